The molecule has 4 fully saturated rings. The number of nitrogens with zero attached hydrogens (tertiary/aromatic N) is 1. The zero-order chi connectivity index (χ0) is 36.7. The first kappa shape index (κ1) is 36.8. The van der Waals surface area contributed by atoms with Crippen LogP contribution in [0.15, 0.2) is 77.0 Å². The molecule has 0 atom stereocenters. The van der Waals surface area contributed by atoms with Crippen molar-refractivity contribution in [2.45, 2.75) is 64.8 Å². The number of allylic oxidation sites excluding steroid dienone is 1. The van der Waals surface area contributed by atoms with Crippen LogP contribution >= 0.6 is 0 Å². The number of hydrogen-bond acceptors (Lipinski definition) is 4. The molecule has 1 heterocycles. The minimum absolute atomic E-state index is 0.0396. The van der Waals surface area contributed by atoms with Gasteiger partial charge in [0.25, 0.3) is 0 Å². The Balaban J connectivity index is 0.000000238. The van der Waals surface area contributed by atoms with Crippen LogP contribution in [0.5, 0.6) is 0 Å². The molecule has 1 aliphatic heterocycles. The predicted octanol–water partition coefficient (Wildman–Crippen LogP) is 2.64. The van der Waals surface area contributed by atoms with Gasteiger partial charge in [-0.2, -0.15) is 0 Å². The number of nitrogens with one attached hydrogen (secondary N) is 2. The number of Topliss-reactive ketones (excluding diaryl/α,β-unsaturated/α-hetero) is 1. The van der Waals surface area contributed by atoms with Crippen LogP contribution in [-0.4, -0.2) is 30.6 Å². The minimum atomic E-state index is -1.77. The number of ketones is 1. The summed E-state index contributed by atoms with van der Waals surface area (Å²) in [5.41, 5.74) is 3.76. The van der Waals surface area contributed by atoms with Crippen molar-refractivity contribution in [2.24, 2.45) is 22.6 Å². The van der Waals surface area contributed by atoms with E-state index < -0.39 is 6.48 Å². The Morgan fingerprint density at radius 3 is 1.88 bits per heavy atom. The molecule has 2 aromatic carbocycles. The van der Waals surface area contributed by atoms with Gasteiger partial charge in [-0.25, -0.2) is 0 Å². The van der Waals surface area contributed by atoms with Gasteiger partial charge in [-0.05, 0) is 63.2 Å². The second-order valence-corrected chi connectivity index (χ2v) is 13.4. The summed E-state index contributed by atoms with van der Waals surface area (Å²) in [6.07, 6.45) is 12.6. The van der Waals surface area contributed by atoms with E-state index in [1.165, 1.54) is 45.6 Å². The fourth-order valence-corrected chi connectivity index (χ4v) is 8.29. The molecule has 0 radical (unpaired) electrons. The molecule has 250 valence electrons. The van der Waals surface area contributed by atoms with Crippen molar-refractivity contribution in [3.8, 4) is 95.3 Å². The molecule has 2 aromatic rings. The van der Waals surface area contributed by atoms with Crippen LogP contribution in [0.25, 0.3) is 0 Å². The van der Waals surface area contributed by atoms with Gasteiger partial charge >= 0.3 is 121 Å². The number of terminal acetylenes is 1. The maximum absolute atomic E-state index is 12.9. The molecule has 0 aromatic heterocycles. The number of benzene rings is 2. The van der Waals surface area contributed by atoms with Crippen LogP contribution in [0.2, 0.25) is 0 Å². The molecular weight excluding hydrogens is 636 g/mol. The maximum atomic E-state index is 12.9. The van der Waals surface area contributed by atoms with E-state index in [0.29, 0.717) is 11.5 Å². The van der Waals surface area contributed by atoms with E-state index in [2.05, 4.69) is 152 Å². The summed E-state index contributed by atoms with van der Waals surface area (Å²) in [7, 11) is 1.31. The zero-order valence-corrected chi connectivity index (χ0v) is 29.7. The third kappa shape index (κ3) is 9.40. The Kier molecular flexibility index (Phi) is 12.7. The van der Waals surface area contributed by atoms with Crippen LogP contribution in [0.1, 0.15) is 59.3 Å². The number of rotatable bonds is 5. The summed E-state index contributed by atoms with van der Waals surface area (Å²) >= 11 is 0. The second kappa shape index (κ2) is 18.0. The van der Waals surface area contributed by atoms with Gasteiger partial charge in [-0.3, -0.25) is 4.79 Å². The Hall–Kier alpha value is -6.47. The normalized spacial score (nSPS) is 21.8. The van der Waals surface area contributed by atoms with E-state index in [-0.39, 0.29) is 11.3 Å². The molecule has 5 nitrogen and oxygen atoms in total. The summed E-state index contributed by atoms with van der Waals surface area (Å²) in [5.74, 6) is 37.7. The Bertz CT molecular complexity index is 2210. The van der Waals surface area contributed by atoms with Crippen molar-refractivity contribution < 1.29 is 14.4 Å². The van der Waals surface area contributed by atoms with Crippen LogP contribution in [0.3, 0.4) is 0 Å². The van der Waals surface area contributed by atoms with E-state index in [4.69, 9.17) is 11.1 Å². The summed E-state index contributed by atoms with van der Waals surface area (Å²) < 4.78 is 7.01. The minimum Gasteiger partial charge on any atom is -0.638 e. The van der Waals surface area contributed by atoms with Crippen molar-refractivity contribution >= 4 is 36.0 Å². The topological polar surface area (TPSA) is 64.7 Å². The molecule has 7 rings (SSSR count). The monoisotopic (exact) mass is 673 g/mol. The SMILES string of the molecule is C#CC#CC#CC#CB=NC#CC#CC#CC#CC.CC(=O)C1=C(NC23CC4CC(CC(C4)C2)C3)O[B-](c2ccccc2)(c2ccccc2)[NH+]=C1C. The molecule has 4 saturated carbocycles. The van der Waals surface area contributed by atoms with E-state index in [1.807, 2.05) is 19.1 Å². The van der Waals surface area contributed by atoms with Crippen molar-refractivity contribution in [2.75, 3.05) is 0 Å². The maximum Gasteiger partial charge on any atom is 0.507 e. The predicted molar refractivity (Wildman–Crippen MR) is 210 cm³/mol. The van der Waals surface area contributed by atoms with Gasteiger partial charge in [0, 0.05) is 12.5 Å². The van der Waals surface area contributed by atoms with Gasteiger partial charge in [0.2, 0.25) is 0 Å². The third-order valence-corrected chi connectivity index (χ3v) is 9.70. The number of hydrogen-bond donors (Lipinski definition) is 2. The Labute approximate surface area is 309 Å². The van der Waals surface area contributed by atoms with E-state index in [1.54, 1.807) is 13.8 Å². The van der Waals surface area contributed by atoms with Crippen LogP contribution in [-0.2, 0) is 9.45 Å². The van der Waals surface area contributed by atoms with Crippen molar-refractivity contribution in [3.63, 3.8) is 0 Å². The molecule has 0 amide bonds. The molecule has 5 aliphatic rings. The van der Waals surface area contributed by atoms with E-state index >= 15 is 0 Å². The largest absolute Gasteiger partial charge is 0.638 e. The summed E-state index contributed by atoms with van der Waals surface area (Å²) in [4.78, 5) is 20.2. The zero-order valence-electron chi connectivity index (χ0n) is 29.7. The molecule has 4 bridgehead atoms. The molecular formula is C45H37B2N3O2. The quantitative estimate of drug-likeness (QED) is 0.380. The molecule has 0 spiro atoms. The summed E-state index contributed by atoms with van der Waals surface area (Å²) in [6.45, 7) is 3.59. The molecule has 52 heavy (non-hydrogen) atoms. The summed E-state index contributed by atoms with van der Waals surface area (Å²) in [6, 6.07) is 23.2. The van der Waals surface area contributed by atoms with Crippen molar-refractivity contribution in [1.29, 1.82) is 0 Å². The first-order valence-electron chi connectivity index (χ1n) is 17.4. The molecule has 7 heteroatoms. The fraction of sp³-hybridized carbons (Fsp3) is 0.289. The van der Waals surface area contributed by atoms with E-state index in [9.17, 15) is 4.79 Å². The average molecular weight is 673 g/mol. The summed E-state index contributed by atoms with van der Waals surface area (Å²) in [5, 5.41) is 3.91. The third-order valence-electron chi connectivity index (χ3n) is 9.70. The molecule has 0 unspecified atom stereocenters. The number of carbonyl (C=O) groups excluding carboxylic acids is 1. The number of carbonyl (C=O) groups is 1. The van der Waals surface area contributed by atoms with Gasteiger partial charge in [0.1, 0.15) is 11.3 Å². The standard InChI is InChI=1S/C28H33BN2O2.C17H4BN/c1-19-26(20(2)32)27(30-28-16-21-13-22(17-28)15-23(14-21)18-28)33-29(31-19,24-9-5-3-6-10-24)25-11-7-4-8-12-25;1-3-5-7-9-11-13-15-17-19-18-16-14-12-10-8-6-4-2/h3-12,21-23,30-31H,13-18H2,1-2H3;2H,1H3. The Morgan fingerprint density at radius 1 is 0.827 bits per heavy atom. The molecule has 4 aliphatic carbocycles. The van der Waals surface area contributed by atoms with Crippen molar-refractivity contribution in [1.82, 2.24) is 5.32 Å². The second-order valence-electron chi connectivity index (χ2n) is 13.4. The van der Waals surface area contributed by atoms with Gasteiger partial charge in [0.15, 0.2) is 11.7 Å². The fourth-order valence-electron chi connectivity index (χ4n) is 8.29. The van der Waals surface area contributed by atoms with Gasteiger partial charge in [-0.15, -0.1) is 0 Å². The van der Waals surface area contributed by atoms with Gasteiger partial charge in [-0.1, -0.05) is 71.6 Å². The van der Waals surface area contributed by atoms with Crippen LogP contribution < -0.4 is 21.1 Å². The average Bonchev–Trinajstić information content (AvgIpc) is 3.13. The smallest absolute Gasteiger partial charge is 0.507 e. The van der Waals surface area contributed by atoms with Gasteiger partial charge in [0.05, 0.1) is 0 Å². The van der Waals surface area contributed by atoms with Crippen LogP contribution in [0, 0.1) is 113 Å². The first-order chi connectivity index (χ1) is 25.4. The van der Waals surface area contributed by atoms with Crippen molar-refractivity contribution in [3.05, 3.63) is 72.1 Å². The first-order valence-corrected chi connectivity index (χ1v) is 17.4. The van der Waals surface area contributed by atoms with E-state index in [0.717, 1.165) is 34.4 Å². The molecule has 0 saturated heterocycles. The molecule has 2 N–H and O–H groups in total. The van der Waals surface area contributed by atoms with Gasteiger partial charge < -0.3 is 14.9 Å². The van der Waals surface area contributed by atoms with Crippen LogP contribution in [0.4, 0.5) is 0 Å². The Morgan fingerprint density at radius 2 is 1.35 bits per heavy atom.